The first-order valence-electron chi connectivity index (χ1n) is 10.7. The smallest absolute Gasteiger partial charge is 0.303 e. The van der Waals surface area contributed by atoms with E-state index in [4.69, 9.17) is 15.9 Å². The van der Waals surface area contributed by atoms with Crippen molar-refractivity contribution >= 4 is 5.97 Å². The largest absolute Gasteiger partial charge is 0.481 e. The van der Waals surface area contributed by atoms with Gasteiger partial charge in [0, 0.05) is 13.0 Å². The summed E-state index contributed by atoms with van der Waals surface area (Å²) in [5, 5.41) is 16.7. The van der Waals surface area contributed by atoms with Crippen LogP contribution < -0.4 is 5.73 Å². The van der Waals surface area contributed by atoms with Crippen LogP contribution >= 0.6 is 0 Å². The maximum absolute atomic E-state index is 9.83. The summed E-state index contributed by atoms with van der Waals surface area (Å²) in [6.07, 6.45) is 21.0. The third-order valence-corrected chi connectivity index (χ3v) is 4.36. The van der Waals surface area contributed by atoms with Gasteiger partial charge in [-0.1, -0.05) is 90.4 Å². The quantitative estimate of drug-likeness (QED) is 0.276. The summed E-state index contributed by atoms with van der Waals surface area (Å²) < 4.78 is 0. The van der Waals surface area contributed by atoms with Crippen molar-refractivity contribution in [1.29, 1.82) is 0 Å². The number of carboxylic acids is 1. The Hall–Kier alpha value is -0.610. The summed E-state index contributed by atoms with van der Waals surface area (Å²) in [5.74, 6) is -0.738. The number of rotatable bonds is 18. The minimum atomic E-state index is -0.738. The molecule has 0 heterocycles. The Bertz CT molecular complexity index is 233. The summed E-state index contributed by atoms with van der Waals surface area (Å²) in [7, 11) is 0. The van der Waals surface area contributed by atoms with E-state index < -0.39 is 5.97 Å². The number of carboxylic acid groups (broad SMARTS) is 1. The lowest BCUT2D eigenvalue weighted by molar-refractivity contribution is -0.137. The zero-order chi connectivity index (χ0) is 19.0. The van der Waals surface area contributed by atoms with E-state index in [1.165, 1.54) is 83.5 Å². The normalized spacial score (nSPS) is 10.4. The van der Waals surface area contributed by atoms with E-state index in [0.29, 0.717) is 19.6 Å². The van der Waals surface area contributed by atoms with Crippen molar-refractivity contribution < 1.29 is 15.0 Å². The summed E-state index contributed by atoms with van der Waals surface area (Å²) in [6.45, 7) is 3.24. The van der Waals surface area contributed by atoms with E-state index >= 15 is 0 Å². The Kier molecular flexibility index (Phi) is 27.3. The second-order valence-electron chi connectivity index (χ2n) is 6.96. The van der Waals surface area contributed by atoms with Crippen LogP contribution in [0.25, 0.3) is 0 Å². The molecule has 0 rings (SSSR count). The first-order valence-corrected chi connectivity index (χ1v) is 10.7. The first-order chi connectivity index (χ1) is 12.2. The van der Waals surface area contributed by atoms with Crippen LogP contribution in [0.3, 0.4) is 0 Å². The zero-order valence-corrected chi connectivity index (χ0v) is 16.8. The Balaban J connectivity index is 0. The molecule has 0 aromatic carbocycles. The van der Waals surface area contributed by atoms with Crippen LogP contribution in [0, 0.1) is 0 Å². The van der Waals surface area contributed by atoms with Gasteiger partial charge in [0.25, 0.3) is 0 Å². The van der Waals surface area contributed by atoms with Gasteiger partial charge in [0.1, 0.15) is 0 Å². The molecule has 0 aliphatic rings. The molecule has 4 N–H and O–H groups in total. The van der Waals surface area contributed by atoms with Crippen molar-refractivity contribution in [2.75, 3.05) is 13.2 Å². The van der Waals surface area contributed by atoms with Gasteiger partial charge >= 0.3 is 5.97 Å². The van der Waals surface area contributed by atoms with Gasteiger partial charge < -0.3 is 15.9 Å². The van der Waals surface area contributed by atoms with Crippen LogP contribution in [0.5, 0.6) is 0 Å². The van der Waals surface area contributed by atoms with E-state index in [1.54, 1.807) is 0 Å². The van der Waals surface area contributed by atoms with Gasteiger partial charge in [0.2, 0.25) is 0 Å². The molecule has 152 valence electrons. The zero-order valence-electron chi connectivity index (χ0n) is 16.8. The molecule has 0 radical (unpaired) electrons. The maximum Gasteiger partial charge on any atom is 0.303 e. The standard InChI is InChI=1S/C16H34O.C5H11NO2/c1-2-3-4-5-6-7-8-9-10-11-12-13-14-15-16-17;6-4-2-1-3-5(7)8/h17H,2-16H2,1H3;1-4,6H2,(H,7,8). The molecule has 0 aromatic rings. The number of unbranched alkanes of at least 4 members (excludes halogenated alkanes) is 14. The average molecular weight is 360 g/mol. The SMILES string of the molecule is CCCCCCCCCCCCCCCCO.NCCCCC(=O)O. The Morgan fingerprint density at radius 3 is 1.40 bits per heavy atom. The first kappa shape index (κ1) is 26.6. The molecule has 4 heteroatoms. The molecule has 0 aromatic heterocycles. The highest BCUT2D eigenvalue weighted by atomic mass is 16.4. The van der Waals surface area contributed by atoms with Crippen LogP contribution in [0.4, 0.5) is 0 Å². The Labute approximate surface area is 156 Å². The number of nitrogens with two attached hydrogens (primary N) is 1. The highest BCUT2D eigenvalue weighted by molar-refractivity contribution is 5.66. The van der Waals surface area contributed by atoms with Crippen molar-refractivity contribution in [2.45, 2.75) is 116 Å². The average Bonchev–Trinajstić information content (AvgIpc) is 2.59. The van der Waals surface area contributed by atoms with E-state index in [0.717, 1.165) is 12.8 Å². The summed E-state index contributed by atoms with van der Waals surface area (Å²) in [5.41, 5.74) is 5.12. The number of hydrogen-bond donors (Lipinski definition) is 3. The van der Waals surface area contributed by atoms with Crippen LogP contribution in [0.2, 0.25) is 0 Å². The number of hydrogen-bond acceptors (Lipinski definition) is 3. The molecule has 0 bridgehead atoms. The molecular weight excluding hydrogens is 314 g/mol. The monoisotopic (exact) mass is 359 g/mol. The predicted molar refractivity (Wildman–Crippen MR) is 108 cm³/mol. The minimum Gasteiger partial charge on any atom is -0.481 e. The van der Waals surface area contributed by atoms with Crippen molar-refractivity contribution in [2.24, 2.45) is 5.73 Å². The predicted octanol–water partition coefficient (Wildman–Crippen LogP) is 5.66. The van der Waals surface area contributed by atoms with E-state index in [1.807, 2.05) is 0 Å². The van der Waals surface area contributed by atoms with Gasteiger partial charge in [-0.2, -0.15) is 0 Å². The number of aliphatic hydroxyl groups is 1. The second kappa shape index (κ2) is 25.6. The van der Waals surface area contributed by atoms with E-state index in [9.17, 15) is 4.79 Å². The number of aliphatic hydroxyl groups excluding tert-OH is 1. The van der Waals surface area contributed by atoms with Crippen LogP contribution in [0.15, 0.2) is 0 Å². The summed E-state index contributed by atoms with van der Waals surface area (Å²) in [4.78, 5) is 9.83. The van der Waals surface area contributed by atoms with Gasteiger partial charge in [0.15, 0.2) is 0 Å². The molecule has 0 saturated carbocycles. The highest BCUT2D eigenvalue weighted by Gasteiger charge is 1.94. The highest BCUT2D eigenvalue weighted by Crippen LogP contribution is 2.12. The second-order valence-corrected chi connectivity index (χ2v) is 6.96. The number of aliphatic carboxylic acids is 1. The van der Waals surface area contributed by atoms with E-state index in [2.05, 4.69) is 6.92 Å². The molecule has 0 aliphatic carbocycles. The molecule has 4 nitrogen and oxygen atoms in total. The van der Waals surface area contributed by atoms with Gasteiger partial charge in [-0.25, -0.2) is 0 Å². The van der Waals surface area contributed by atoms with Gasteiger partial charge in [0.05, 0.1) is 0 Å². The Morgan fingerprint density at radius 1 is 0.680 bits per heavy atom. The third kappa shape index (κ3) is 31.6. The van der Waals surface area contributed by atoms with Crippen LogP contribution in [0.1, 0.15) is 116 Å². The molecule has 0 saturated heterocycles. The fourth-order valence-electron chi connectivity index (χ4n) is 2.73. The fraction of sp³-hybridized carbons (Fsp3) is 0.952. The van der Waals surface area contributed by atoms with Crippen molar-refractivity contribution in [3.8, 4) is 0 Å². The summed E-state index contributed by atoms with van der Waals surface area (Å²) in [6, 6.07) is 0. The van der Waals surface area contributed by atoms with E-state index in [-0.39, 0.29) is 6.42 Å². The van der Waals surface area contributed by atoms with Crippen LogP contribution in [-0.2, 0) is 4.79 Å². The van der Waals surface area contributed by atoms with Gasteiger partial charge in [-0.15, -0.1) is 0 Å². The van der Waals surface area contributed by atoms with Crippen LogP contribution in [-0.4, -0.2) is 29.3 Å². The molecule has 0 unspecified atom stereocenters. The minimum absolute atomic E-state index is 0.247. The molecular formula is C21H45NO3. The number of carbonyl (C=O) groups is 1. The fourth-order valence-corrected chi connectivity index (χ4v) is 2.73. The van der Waals surface area contributed by atoms with Gasteiger partial charge in [-0.05, 0) is 25.8 Å². The lowest BCUT2D eigenvalue weighted by Crippen LogP contribution is -2.00. The molecule has 0 spiro atoms. The lowest BCUT2D eigenvalue weighted by Gasteiger charge is -2.02. The van der Waals surface area contributed by atoms with Gasteiger partial charge in [-0.3, -0.25) is 4.79 Å². The third-order valence-electron chi connectivity index (χ3n) is 4.36. The summed E-state index contributed by atoms with van der Waals surface area (Å²) >= 11 is 0. The van der Waals surface area contributed by atoms with Crippen molar-refractivity contribution in [1.82, 2.24) is 0 Å². The molecule has 0 fully saturated rings. The molecule has 0 atom stereocenters. The lowest BCUT2D eigenvalue weighted by atomic mass is 10.0. The maximum atomic E-state index is 9.83. The van der Waals surface area contributed by atoms with Crippen molar-refractivity contribution in [3.05, 3.63) is 0 Å². The molecule has 0 aliphatic heterocycles. The topological polar surface area (TPSA) is 83.5 Å². The molecule has 25 heavy (non-hydrogen) atoms. The molecule has 0 amide bonds. The van der Waals surface area contributed by atoms with Crippen molar-refractivity contribution in [3.63, 3.8) is 0 Å². The Morgan fingerprint density at radius 2 is 1.08 bits per heavy atom.